The molecule has 148 valence electrons. The van der Waals surface area contributed by atoms with Crippen LogP contribution in [0, 0.1) is 0 Å². The Morgan fingerprint density at radius 1 is 0.964 bits per heavy atom. The number of esters is 1. The second-order valence-corrected chi connectivity index (χ2v) is 6.52. The average molecular weight is 380 g/mol. The molecule has 0 aliphatic rings. The van der Waals surface area contributed by atoms with Gasteiger partial charge in [0.25, 0.3) is 0 Å². The Hall–Kier alpha value is -2.88. The molecule has 0 saturated heterocycles. The fourth-order valence-electron chi connectivity index (χ4n) is 3.21. The third-order valence-corrected chi connectivity index (χ3v) is 4.47. The first kappa shape index (κ1) is 21.4. The minimum atomic E-state index is -0.184. The molecule has 28 heavy (non-hydrogen) atoms. The third kappa shape index (κ3) is 6.38. The molecular formula is C24H29NO3. The number of carbonyl (C=O) groups excluding carboxylic acids is 2. The lowest BCUT2D eigenvalue weighted by Crippen LogP contribution is -2.35. The van der Waals surface area contributed by atoms with Crippen LogP contribution in [0.3, 0.4) is 0 Å². The highest BCUT2D eigenvalue weighted by atomic mass is 16.5. The van der Waals surface area contributed by atoms with Crippen LogP contribution >= 0.6 is 0 Å². The molecule has 0 bridgehead atoms. The normalized spacial score (nSPS) is 11.0. The zero-order chi connectivity index (χ0) is 20.2. The summed E-state index contributed by atoms with van der Waals surface area (Å²) in [6.45, 7) is 4.61. The van der Waals surface area contributed by atoms with Gasteiger partial charge >= 0.3 is 5.97 Å². The summed E-state index contributed by atoms with van der Waals surface area (Å²) in [5, 5.41) is 0. The van der Waals surface area contributed by atoms with Gasteiger partial charge < -0.3 is 9.64 Å². The first-order valence-electron chi connectivity index (χ1n) is 9.86. The lowest BCUT2D eigenvalue weighted by atomic mass is 9.96. The minimum absolute atomic E-state index is 0.0312. The van der Waals surface area contributed by atoms with Crippen molar-refractivity contribution in [3.05, 3.63) is 83.9 Å². The van der Waals surface area contributed by atoms with E-state index in [9.17, 15) is 9.59 Å². The maximum absolute atomic E-state index is 12.9. The van der Waals surface area contributed by atoms with Crippen LogP contribution in [0.25, 0.3) is 0 Å². The number of carbonyl (C=O) groups is 2. The van der Waals surface area contributed by atoms with Crippen molar-refractivity contribution in [1.29, 1.82) is 0 Å². The second kappa shape index (κ2) is 11.8. The predicted octanol–water partition coefficient (Wildman–Crippen LogP) is 4.91. The molecule has 0 aliphatic carbocycles. The third-order valence-electron chi connectivity index (χ3n) is 4.47. The smallest absolute Gasteiger partial charge is 0.305 e. The Balaban J connectivity index is 2.24. The molecule has 0 aliphatic heterocycles. The highest BCUT2D eigenvalue weighted by Crippen LogP contribution is 2.29. The molecule has 4 heteroatoms. The van der Waals surface area contributed by atoms with E-state index in [1.165, 1.54) is 0 Å². The number of unbranched alkanes of at least 4 members (excludes halogenated alkanes) is 1. The molecule has 0 aromatic heterocycles. The van der Waals surface area contributed by atoms with Crippen molar-refractivity contribution in [3.63, 3.8) is 0 Å². The molecule has 0 unspecified atom stereocenters. The molecule has 2 aromatic rings. The summed E-state index contributed by atoms with van der Waals surface area (Å²) in [5.41, 5.74) is 2.13. The summed E-state index contributed by atoms with van der Waals surface area (Å²) in [6.07, 6.45) is 5.17. The number of hydrogen-bond acceptors (Lipinski definition) is 3. The summed E-state index contributed by atoms with van der Waals surface area (Å²) in [4.78, 5) is 26.4. The first-order chi connectivity index (χ1) is 13.7. The number of ether oxygens (including phenoxy) is 1. The summed E-state index contributed by atoms with van der Waals surface area (Å²) in [7, 11) is 0. The van der Waals surface area contributed by atoms with Crippen LogP contribution < -0.4 is 0 Å². The molecule has 1 amide bonds. The maximum Gasteiger partial charge on any atom is 0.305 e. The number of rotatable bonds is 10. The van der Waals surface area contributed by atoms with Gasteiger partial charge in [-0.1, -0.05) is 66.7 Å². The topological polar surface area (TPSA) is 46.6 Å². The molecule has 2 rings (SSSR count). The van der Waals surface area contributed by atoms with Crippen LogP contribution in [0.5, 0.6) is 0 Å². The lowest BCUT2D eigenvalue weighted by molar-refractivity contribution is -0.143. The van der Waals surface area contributed by atoms with E-state index in [-0.39, 0.29) is 17.9 Å². The number of amides is 1. The van der Waals surface area contributed by atoms with E-state index in [1.807, 2.05) is 72.5 Å². The van der Waals surface area contributed by atoms with Gasteiger partial charge in [-0.15, -0.1) is 0 Å². The highest BCUT2D eigenvalue weighted by molar-refractivity contribution is 5.88. The van der Waals surface area contributed by atoms with Crippen molar-refractivity contribution in [3.8, 4) is 0 Å². The molecule has 0 heterocycles. The van der Waals surface area contributed by atoms with Crippen LogP contribution in [-0.4, -0.2) is 29.9 Å². The fraction of sp³-hybridized carbons (Fsp3) is 0.333. The Morgan fingerprint density at radius 3 is 2.04 bits per heavy atom. The van der Waals surface area contributed by atoms with Crippen molar-refractivity contribution in [1.82, 2.24) is 4.90 Å². The van der Waals surface area contributed by atoms with Crippen molar-refractivity contribution < 1.29 is 14.3 Å². The van der Waals surface area contributed by atoms with Crippen molar-refractivity contribution in [2.24, 2.45) is 0 Å². The Bertz CT molecular complexity index is 716. The maximum atomic E-state index is 12.9. The van der Waals surface area contributed by atoms with Gasteiger partial charge in [0.1, 0.15) is 0 Å². The number of nitrogens with zero attached hydrogens (tertiary/aromatic N) is 1. The molecule has 0 fully saturated rings. The largest absolute Gasteiger partial charge is 0.466 e. The van der Waals surface area contributed by atoms with Gasteiger partial charge in [-0.3, -0.25) is 9.59 Å². The van der Waals surface area contributed by atoms with Crippen molar-refractivity contribution in [2.45, 2.75) is 39.2 Å². The van der Waals surface area contributed by atoms with E-state index in [2.05, 4.69) is 0 Å². The SMILES string of the molecule is CC=CC(=O)N(CCCCC(=O)OCC)C(c1ccccc1)c1ccccc1. The predicted molar refractivity (Wildman–Crippen MR) is 112 cm³/mol. The Labute approximate surface area is 167 Å². The molecule has 2 aromatic carbocycles. The summed E-state index contributed by atoms with van der Waals surface area (Å²) in [6, 6.07) is 19.9. The van der Waals surface area contributed by atoms with Gasteiger partial charge in [0.15, 0.2) is 0 Å². The van der Waals surface area contributed by atoms with E-state index < -0.39 is 0 Å². The van der Waals surface area contributed by atoms with Gasteiger partial charge in [-0.2, -0.15) is 0 Å². The van der Waals surface area contributed by atoms with Crippen LogP contribution in [0.1, 0.15) is 50.3 Å². The highest BCUT2D eigenvalue weighted by Gasteiger charge is 2.25. The van der Waals surface area contributed by atoms with Crippen LogP contribution in [-0.2, 0) is 14.3 Å². The van der Waals surface area contributed by atoms with E-state index in [4.69, 9.17) is 4.74 Å². The Kier molecular flexibility index (Phi) is 8.99. The number of allylic oxidation sites excluding steroid dienone is 1. The molecule has 0 atom stereocenters. The van der Waals surface area contributed by atoms with E-state index in [0.717, 1.165) is 17.5 Å². The quantitative estimate of drug-likeness (QED) is 0.335. The van der Waals surface area contributed by atoms with Gasteiger partial charge in [0.2, 0.25) is 5.91 Å². The van der Waals surface area contributed by atoms with E-state index in [1.54, 1.807) is 19.1 Å². The van der Waals surface area contributed by atoms with E-state index >= 15 is 0 Å². The molecule has 0 saturated carbocycles. The summed E-state index contributed by atoms with van der Waals surface area (Å²) >= 11 is 0. The van der Waals surface area contributed by atoms with Gasteiger partial charge in [-0.25, -0.2) is 0 Å². The molecule has 0 N–H and O–H groups in total. The summed E-state index contributed by atoms with van der Waals surface area (Å²) in [5.74, 6) is -0.215. The minimum Gasteiger partial charge on any atom is -0.466 e. The van der Waals surface area contributed by atoms with Crippen molar-refractivity contribution >= 4 is 11.9 Å². The van der Waals surface area contributed by atoms with E-state index in [0.29, 0.717) is 26.0 Å². The van der Waals surface area contributed by atoms with Crippen LogP contribution in [0.2, 0.25) is 0 Å². The standard InChI is InChI=1S/C24H29NO3/c1-3-13-22(26)25(19-12-11-18-23(27)28-4-2)24(20-14-7-5-8-15-20)21-16-9-6-10-17-21/h3,5-10,13-17,24H,4,11-12,18-19H2,1-2H3. The average Bonchev–Trinajstić information content (AvgIpc) is 2.72. The van der Waals surface area contributed by atoms with Crippen LogP contribution in [0.15, 0.2) is 72.8 Å². The van der Waals surface area contributed by atoms with Gasteiger partial charge in [-0.05, 0) is 43.9 Å². The number of benzene rings is 2. The molecule has 0 radical (unpaired) electrons. The first-order valence-corrected chi connectivity index (χ1v) is 9.86. The van der Waals surface area contributed by atoms with Crippen molar-refractivity contribution in [2.75, 3.05) is 13.2 Å². The monoisotopic (exact) mass is 379 g/mol. The second-order valence-electron chi connectivity index (χ2n) is 6.52. The number of hydrogen-bond donors (Lipinski definition) is 0. The van der Waals surface area contributed by atoms with Gasteiger partial charge in [0.05, 0.1) is 12.6 Å². The Morgan fingerprint density at radius 2 is 1.54 bits per heavy atom. The summed E-state index contributed by atoms with van der Waals surface area (Å²) < 4.78 is 4.99. The molecular weight excluding hydrogens is 350 g/mol. The zero-order valence-corrected chi connectivity index (χ0v) is 16.7. The molecule has 4 nitrogen and oxygen atoms in total. The van der Waals surface area contributed by atoms with Crippen LogP contribution in [0.4, 0.5) is 0 Å². The zero-order valence-electron chi connectivity index (χ0n) is 16.7. The fourth-order valence-corrected chi connectivity index (χ4v) is 3.21. The lowest BCUT2D eigenvalue weighted by Gasteiger charge is -2.32. The molecule has 0 spiro atoms. The van der Waals surface area contributed by atoms with Gasteiger partial charge in [0, 0.05) is 13.0 Å².